The number of carbonyl (C=O) groups excluding carboxylic acids is 2. The summed E-state index contributed by atoms with van der Waals surface area (Å²) in [6.45, 7) is 2.89. The summed E-state index contributed by atoms with van der Waals surface area (Å²) in [7, 11) is 3.32. The molecule has 1 saturated heterocycles. The summed E-state index contributed by atoms with van der Waals surface area (Å²) in [5, 5.41) is 6.57. The van der Waals surface area contributed by atoms with Crippen LogP contribution in [0.15, 0.2) is 6.20 Å². The number of piperazine rings is 1. The topological polar surface area (TPSA) is 96.5 Å². The number of anilines is 1. The molecule has 0 bridgehead atoms. The second-order valence-electron chi connectivity index (χ2n) is 4.81. The summed E-state index contributed by atoms with van der Waals surface area (Å²) < 4.78 is 1.49. The molecule has 0 spiro atoms. The predicted octanol–water partition coefficient (Wildman–Crippen LogP) is -1.49. The molecule has 20 heavy (non-hydrogen) atoms. The lowest BCUT2D eigenvalue weighted by atomic mass is 10.2. The molecule has 0 unspecified atom stereocenters. The average Bonchev–Trinajstić information content (AvgIpc) is 2.78. The second kappa shape index (κ2) is 5.91. The van der Waals surface area contributed by atoms with Crippen molar-refractivity contribution in [1.29, 1.82) is 0 Å². The van der Waals surface area contributed by atoms with Gasteiger partial charge in [0.2, 0.25) is 5.91 Å². The van der Waals surface area contributed by atoms with E-state index in [9.17, 15) is 9.59 Å². The minimum Gasteiger partial charge on any atom is -0.396 e. The monoisotopic (exact) mass is 280 g/mol. The van der Waals surface area contributed by atoms with Gasteiger partial charge in [-0.05, 0) is 0 Å². The van der Waals surface area contributed by atoms with Crippen LogP contribution in [-0.2, 0) is 11.8 Å². The molecule has 0 aromatic carbocycles. The van der Waals surface area contributed by atoms with Gasteiger partial charge in [0, 0.05) is 40.3 Å². The van der Waals surface area contributed by atoms with Crippen LogP contribution in [0, 0.1) is 0 Å². The van der Waals surface area contributed by atoms with Crippen LogP contribution >= 0.6 is 0 Å². The molecule has 0 atom stereocenters. The Bertz CT molecular complexity index is 485. The molecular weight excluding hydrogens is 260 g/mol. The van der Waals surface area contributed by atoms with Crippen molar-refractivity contribution in [2.75, 3.05) is 45.5 Å². The summed E-state index contributed by atoms with van der Waals surface area (Å²) in [4.78, 5) is 27.5. The maximum absolute atomic E-state index is 12.4. The van der Waals surface area contributed by atoms with Crippen molar-refractivity contribution in [1.82, 2.24) is 24.9 Å². The van der Waals surface area contributed by atoms with Crippen molar-refractivity contribution in [2.24, 2.45) is 7.05 Å². The Morgan fingerprint density at radius 3 is 2.50 bits per heavy atom. The van der Waals surface area contributed by atoms with E-state index in [1.807, 2.05) is 4.90 Å². The van der Waals surface area contributed by atoms with Crippen LogP contribution in [0.1, 0.15) is 10.5 Å². The van der Waals surface area contributed by atoms with Crippen molar-refractivity contribution in [3.8, 4) is 0 Å². The van der Waals surface area contributed by atoms with E-state index in [0.29, 0.717) is 44.1 Å². The van der Waals surface area contributed by atoms with Gasteiger partial charge in [-0.15, -0.1) is 0 Å². The maximum Gasteiger partial charge on any atom is 0.274 e. The quantitative estimate of drug-likeness (QED) is 0.703. The highest BCUT2D eigenvalue weighted by Crippen LogP contribution is 2.14. The standard InChI is InChI=1S/C12H20N6O2/c1-14-10(19)8-17-3-5-18(6-4-17)12(20)11-9(13)7-15-16(11)2/h7H,3-6,8,13H2,1-2H3,(H,14,19). The van der Waals surface area contributed by atoms with E-state index in [2.05, 4.69) is 10.4 Å². The highest BCUT2D eigenvalue weighted by molar-refractivity contribution is 5.97. The second-order valence-corrected chi connectivity index (χ2v) is 4.81. The Balaban J connectivity index is 1.94. The van der Waals surface area contributed by atoms with Crippen LogP contribution < -0.4 is 11.1 Å². The molecule has 8 nitrogen and oxygen atoms in total. The van der Waals surface area contributed by atoms with Gasteiger partial charge in [-0.25, -0.2) is 0 Å². The first-order chi connectivity index (χ1) is 9.52. The largest absolute Gasteiger partial charge is 0.396 e. The van der Waals surface area contributed by atoms with Crippen LogP contribution in [-0.4, -0.2) is 71.2 Å². The number of aryl methyl sites for hydroxylation is 1. The molecule has 1 aliphatic heterocycles. The molecule has 1 aliphatic rings. The summed E-state index contributed by atoms with van der Waals surface area (Å²) in [6, 6.07) is 0. The number of hydrogen-bond acceptors (Lipinski definition) is 5. The molecule has 0 radical (unpaired) electrons. The Kier molecular flexibility index (Phi) is 4.23. The summed E-state index contributed by atoms with van der Waals surface area (Å²) in [6.07, 6.45) is 1.48. The zero-order chi connectivity index (χ0) is 14.7. The Hall–Kier alpha value is -2.09. The number of amides is 2. The number of rotatable bonds is 3. The molecular formula is C12H20N6O2. The molecule has 2 rings (SSSR count). The summed E-state index contributed by atoms with van der Waals surface area (Å²) in [5.74, 6) is -0.122. The lowest BCUT2D eigenvalue weighted by Gasteiger charge is -2.34. The predicted molar refractivity (Wildman–Crippen MR) is 74.0 cm³/mol. The van der Waals surface area contributed by atoms with E-state index < -0.39 is 0 Å². The van der Waals surface area contributed by atoms with Gasteiger partial charge in [0.25, 0.3) is 5.91 Å². The van der Waals surface area contributed by atoms with Gasteiger partial charge < -0.3 is 16.0 Å². The van der Waals surface area contributed by atoms with E-state index in [1.165, 1.54) is 10.9 Å². The molecule has 1 aromatic rings. The molecule has 0 aliphatic carbocycles. The third-order valence-corrected chi connectivity index (χ3v) is 3.48. The van der Waals surface area contributed by atoms with Crippen LogP contribution in [0.5, 0.6) is 0 Å². The van der Waals surface area contributed by atoms with E-state index in [4.69, 9.17) is 5.73 Å². The minimum atomic E-state index is -0.109. The third-order valence-electron chi connectivity index (χ3n) is 3.48. The van der Waals surface area contributed by atoms with E-state index in [-0.39, 0.29) is 11.8 Å². The Morgan fingerprint density at radius 2 is 2.00 bits per heavy atom. The van der Waals surface area contributed by atoms with Crippen molar-refractivity contribution in [2.45, 2.75) is 0 Å². The molecule has 3 N–H and O–H groups in total. The molecule has 1 aromatic heterocycles. The number of hydrogen-bond donors (Lipinski definition) is 2. The van der Waals surface area contributed by atoms with Crippen molar-refractivity contribution >= 4 is 17.5 Å². The fraction of sp³-hybridized carbons (Fsp3) is 0.583. The van der Waals surface area contributed by atoms with Crippen LogP contribution in [0.4, 0.5) is 5.69 Å². The van der Waals surface area contributed by atoms with Gasteiger partial charge in [0.05, 0.1) is 18.4 Å². The van der Waals surface area contributed by atoms with Crippen LogP contribution in [0.25, 0.3) is 0 Å². The Labute approximate surface area is 117 Å². The Morgan fingerprint density at radius 1 is 1.35 bits per heavy atom. The number of nitrogens with two attached hydrogens (primary N) is 1. The number of aromatic nitrogens is 2. The summed E-state index contributed by atoms with van der Waals surface area (Å²) >= 11 is 0. The molecule has 2 amide bonds. The van der Waals surface area contributed by atoms with E-state index in [0.717, 1.165) is 0 Å². The molecule has 1 fully saturated rings. The van der Waals surface area contributed by atoms with Crippen molar-refractivity contribution in [3.05, 3.63) is 11.9 Å². The first-order valence-corrected chi connectivity index (χ1v) is 6.52. The number of nitrogens with zero attached hydrogens (tertiary/aromatic N) is 4. The van der Waals surface area contributed by atoms with Gasteiger partial charge in [0.15, 0.2) is 0 Å². The normalized spacial score (nSPS) is 16.2. The van der Waals surface area contributed by atoms with Crippen molar-refractivity contribution < 1.29 is 9.59 Å². The lowest BCUT2D eigenvalue weighted by molar-refractivity contribution is -0.122. The van der Waals surface area contributed by atoms with E-state index in [1.54, 1.807) is 19.0 Å². The first-order valence-electron chi connectivity index (χ1n) is 6.52. The third kappa shape index (κ3) is 2.90. The number of nitrogens with one attached hydrogen (secondary N) is 1. The van der Waals surface area contributed by atoms with E-state index >= 15 is 0 Å². The lowest BCUT2D eigenvalue weighted by Crippen LogP contribution is -2.51. The van der Waals surface area contributed by atoms with Gasteiger partial charge in [0.1, 0.15) is 5.69 Å². The fourth-order valence-corrected chi connectivity index (χ4v) is 2.26. The van der Waals surface area contributed by atoms with Crippen molar-refractivity contribution in [3.63, 3.8) is 0 Å². The van der Waals surface area contributed by atoms with Gasteiger partial charge >= 0.3 is 0 Å². The number of likely N-dealkylation sites (N-methyl/N-ethyl adjacent to an activating group) is 1. The first kappa shape index (κ1) is 14.3. The smallest absolute Gasteiger partial charge is 0.274 e. The fourth-order valence-electron chi connectivity index (χ4n) is 2.26. The highest BCUT2D eigenvalue weighted by atomic mass is 16.2. The van der Waals surface area contributed by atoms with Gasteiger partial charge in [-0.1, -0.05) is 0 Å². The number of nitrogen functional groups attached to an aromatic ring is 1. The highest BCUT2D eigenvalue weighted by Gasteiger charge is 2.26. The summed E-state index contributed by atoms with van der Waals surface area (Å²) in [5.41, 5.74) is 6.58. The van der Waals surface area contributed by atoms with Gasteiger partial charge in [-0.3, -0.25) is 19.2 Å². The molecule has 110 valence electrons. The zero-order valence-corrected chi connectivity index (χ0v) is 11.8. The zero-order valence-electron chi connectivity index (χ0n) is 11.8. The van der Waals surface area contributed by atoms with Gasteiger partial charge in [-0.2, -0.15) is 5.10 Å². The molecule has 0 saturated carbocycles. The average molecular weight is 280 g/mol. The molecule has 2 heterocycles. The minimum absolute atomic E-state index is 0.0133. The molecule has 8 heteroatoms. The maximum atomic E-state index is 12.4. The number of carbonyl (C=O) groups is 2. The van der Waals surface area contributed by atoms with Crippen LogP contribution in [0.2, 0.25) is 0 Å². The van der Waals surface area contributed by atoms with Crippen LogP contribution in [0.3, 0.4) is 0 Å². The SMILES string of the molecule is CNC(=O)CN1CCN(C(=O)c2c(N)cnn2C)CC1.